The summed E-state index contributed by atoms with van der Waals surface area (Å²) in [5, 5.41) is 3.71. The molecule has 2 aromatic rings. The molecule has 1 saturated heterocycles. The van der Waals surface area contributed by atoms with Crippen LogP contribution in [0, 0.1) is 0 Å². The van der Waals surface area contributed by atoms with Gasteiger partial charge in [-0.15, -0.1) is 0 Å². The van der Waals surface area contributed by atoms with Crippen LogP contribution in [0.5, 0.6) is 0 Å². The molecule has 0 spiro atoms. The Balaban J connectivity index is 1.37. The number of imidazole rings is 1. The molecule has 1 aromatic heterocycles. The minimum Gasteiger partial charge on any atom is -0.355 e. The number of rotatable bonds is 7. The molecule has 1 aliphatic heterocycles. The first-order chi connectivity index (χ1) is 12.0. The van der Waals surface area contributed by atoms with Gasteiger partial charge in [-0.2, -0.15) is 0 Å². The highest BCUT2D eigenvalue weighted by atomic mass is 35.5. The first kappa shape index (κ1) is 18.2. The van der Waals surface area contributed by atoms with Gasteiger partial charge in [-0.1, -0.05) is 11.6 Å². The molecule has 136 valence electrons. The van der Waals surface area contributed by atoms with E-state index in [1.165, 1.54) is 0 Å². The zero-order valence-corrected chi connectivity index (χ0v) is 15.6. The molecule has 2 heterocycles. The number of benzene rings is 1. The molecule has 1 amide bonds. The van der Waals surface area contributed by atoms with Crippen molar-refractivity contribution in [2.24, 2.45) is 0 Å². The lowest BCUT2D eigenvalue weighted by atomic mass is 10.2. The van der Waals surface area contributed by atoms with Crippen LogP contribution in [0.4, 0.5) is 0 Å². The lowest BCUT2D eigenvalue weighted by molar-refractivity contribution is -0.122. The van der Waals surface area contributed by atoms with Gasteiger partial charge in [-0.25, -0.2) is 4.98 Å². The number of likely N-dealkylation sites (N-methyl/N-ethyl adjacent to an activating group) is 1. The van der Waals surface area contributed by atoms with E-state index in [1.54, 1.807) is 0 Å². The highest BCUT2D eigenvalue weighted by Gasteiger charge is 2.24. The molecule has 1 aliphatic rings. The summed E-state index contributed by atoms with van der Waals surface area (Å²) in [7, 11) is 4.19. The molecule has 0 bridgehead atoms. The number of halogens is 1. The van der Waals surface area contributed by atoms with Crippen LogP contribution in [-0.2, 0) is 11.2 Å². The summed E-state index contributed by atoms with van der Waals surface area (Å²) in [6.07, 6.45) is 2.80. The maximum absolute atomic E-state index is 12.1. The van der Waals surface area contributed by atoms with Gasteiger partial charge in [0, 0.05) is 37.1 Å². The molecular formula is C18H26ClN5O. The van der Waals surface area contributed by atoms with E-state index in [4.69, 9.17) is 11.6 Å². The Morgan fingerprint density at radius 1 is 1.48 bits per heavy atom. The average Bonchev–Trinajstić information content (AvgIpc) is 3.17. The molecule has 0 radical (unpaired) electrons. The zero-order chi connectivity index (χ0) is 17.8. The number of aromatic amines is 1. The maximum atomic E-state index is 12.1. The quantitative estimate of drug-likeness (QED) is 0.737. The van der Waals surface area contributed by atoms with Gasteiger partial charge < -0.3 is 15.2 Å². The average molecular weight is 364 g/mol. The summed E-state index contributed by atoms with van der Waals surface area (Å²) < 4.78 is 0. The van der Waals surface area contributed by atoms with E-state index in [2.05, 4.69) is 39.2 Å². The van der Waals surface area contributed by atoms with Gasteiger partial charge in [0.2, 0.25) is 5.91 Å². The topological polar surface area (TPSA) is 64.3 Å². The van der Waals surface area contributed by atoms with Crippen LogP contribution in [0.2, 0.25) is 5.02 Å². The molecule has 2 N–H and O–H groups in total. The highest BCUT2D eigenvalue weighted by Crippen LogP contribution is 2.17. The first-order valence-corrected chi connectivity index (χ1v) is 9.18. The normalized spacial score (nSPS) is 18.3. The number of fused-ring (bicyclic) bond motifs is 1. The minimum absolute atomic E-state index is 0.107. The molecule has 0 saturated carbocycles. The molecule has 0 unspecified atom stereocenters. The van der Waals surface area contributed by atoms with Gasteiger partial charge in [0.15, 0.2) is 0 Å². The minimum atomic E-state index is 0.107. The number of carbonyl (C=O) groups is 1. The smallest absolute Gasteiger partial charge is 0.234 e. The first-order valence-electron chi connectivity index (χ1n) is 8.81. The van der Waals surface area contributed by atoms with Gasteiger partial charge in [-0.05, 0) is 45.1 Å². The summed E-state index contributed by atoms with van der Waals surface area (Å²) in [4.78, 5) is 24.3. The summed E-state index contributed by atoms with van der Waals surface area (Å²) in [5.74, 6) is 1.04. The van der Waals surface area contributed by atoms with Crippen molar-refractivity contribution < 1.29 is 4.79 Å². The van der Waals surface area contributed by atoms with Crippen LogP contribution in [0.1, 0.15) is 18.7 Å². The van der Waals surface area contributed by atoms with Crippen molar-refractivity contribution in [3.8, 4) is 0 Å². The molecule has 1 atom stereocenters. The van der Waals surface area contributed by atoms with Crippen LogP contribution >= 0.6 is 11.6 Å². The number of nitrogens with one attached hydrogen (secondary N) is 2. The second-order valence-electron chi connectivity index (χ2n) is 6.94. The van der Waals surface area contributed by atoms with Crippen molar-refractivity contribution in [3.63, 3.8) is 0 Å². The van der Waals surface area contributed by atoms with E-state index in [-0.39, 0.29) is 5.91 Å². The van der Waals surface area contributed by atoms with Crippen LogP contribution in [0.25, 0.3) is 11.0 Å². The fourth-order valence-electron chi connectivity index (χ4n) is 3.27. The molecule has 3 rings (SSSR count). The van der Waals surface area contributed by atoms with Crippen LogP contribution < -0.4 is 5.32 Å². The number of H-pyrrole nitrogens is 1. The van der Waals surface area contributed by atoms with E-state index in [9.17, 15) is 4.79 Å². The van der Waals surface area contributed by atoms with E-state index < -0.39 is 0 Å². The summed E-state index contributed by atoms with van der Waals surface area (Å²) >= 11 is 5.98. The monoisotopic (exact) mass is 363 g/mol. The SMILES string of the molecule is CN(C)[C@@H]1CCN(CC(=O)NCCCc2nc3ccc(Cl)cc3[nH]2)C1. The Morgan fingerprint density at radius 2 is 2.32 bits per heavy atom. The van der Waals surface area contributed by atoms with Gasteiger partial charge in [0.1, 0.15) is 5.82 Å². The molecule has 0 aliphatic carbocycles. The Kier molecular flexibility index (Phi) is 5.93. The third kappa shape index (κ3) is 4.93. The summed E-state index contributed by atoms with van der Waals surface area (Å²) in [5.41, 5.74) is 1.88. The Bertz CT molecular complexity index is 729. The third-order valence-corrected chi connectivity index (χ3v) is 4.99. The van der Waals surface area contributed by atoms with E-state index >= 15 is 0 Å². The van der Waals surface area contributed by atoms with Crippen molar-refractivity contribution in [3.05, 3.63) is 29.0 Å². The predicted molar refractivity (Wildman–Crippen MR) is 101 cm³/mol. The van der Waals surface area contributed by atoms with Gasteiger partial charge in [-0.3, -0.25) is 9.69 Å². The summed E-state index contributed by atoms with van der Waals surface area (Å²) in [6.45, 7) is 3.13. The van der Waals surface area contributed by atoms with Gasteiger partial charge in [0.05, 0.1) is 17.6 Å². The van der Waals surface area contributed by atoms with Gasteiger partial charge in [0.25, 0.3) is 0 Å². The Labute approximate surface area is 153 Å². The van der Waals surface area contributed by atoms with Crippen LogP contribution in [-0.4, -0.2) is 72.0 Å². The lowest BCUT2D eigenvalue weighted by Crippen LogP contribution is -2.38. The van der Waals surface area contributed by atoms with Crippen molar-refractivity contribution in [2.45, 2.75) is 25.3 Å². The number of carbonyl (C=O) groups excluding carboxylic acids is 1. The molecular weight excluding hydrogens is 338 g/mol. The number of hydrogen-bond donors (Lipinski definition) is 2. The van der Waals surface area contributed by atoms with E-state index in [0.717, 1.165) is 49.2 Å². The molecule has 6 nitrogen and oxygen atoms in total. The van der Waals surface area contributed by atoms with Crippen LogP contribution in [0.15, 0.2) is 18.2 Å². The number of aromatic nitrogens is 2. The molecule has 1 aromatic carbocycles. The Hall–Kier alpha value is -1.63. The summed E-state index contributed by atoms with van der Waals surface area (Å²) in [6, 6.07) is 6.20. The standard InChI is InChI=1S/C18H26ClN5O/c1-23(2)14-7-9-24(11-14)12-18(25)20-8-3-4-17-21-15-6-5-13(19)10-16(15)22-17/h5-6,10,14H,3-4,7-9,11-12H2,1-2H3,(H,20,25)(H,21,22)/t14-/m1/s1. The maximum Gasteiger partial charge on any atom is 0.234 e. The zero-order valence-electron chi connectivity index (χ0n) is 14.9. The predicted octanol–water partition coefficient (Wildman–Crippen LogP) is 1.90. The third-order valence-electron chi connectivity index (χ3n) is 4.75. The number of likely N-dealkylation sites (tertiary alicyclic amines) is 1. The van der Waals surface area contributed by atoms with Gasteiger partial charge >= 0.3 is 0 Å². The van der Waals surface area contributed by atoms with E-state index in [1.807, 2.05) is 18.2 Å². The van der Waals surface area contributed by atoms with E-state index in [0.29, 0.717) is 24.2 Å². The fraction of sp³-hybridized carbons (Fsp3) is 0.556. The van der Waals surface area contributed by atoms with Crippen molar-refractivity contribution in [2.75, 3.05) is 40.3 Å². The largest absolute Gasteiger partial charge is 0.355 e. The lowest BCUT2D eigenvalue weighted by Gasteiger charge is -2.20. The van der Waals surface area contributed by atoms with Crippen molar-refractivity contribution in [1.29, 1.82) is 0 Å². The highest BCUT2D eigenvalue weighted by molar-refractivity contribution is 6.31. The fourth-order valence-corrected chi connectivity index (χ4v) is 3.45. The number of hydrogen-bond acceptors (Lipinski definition) is 4. The van der Waals surface area contributed by atoms with Crippen molar-refractivity contribution in [1.82, 2.24) is 25.1 Å². The molecule has 7 heteroatoms. The van der Waals surface area contributed by atoms with Crippen molar-refractivity contribution >= 4 is 28.5 Å². The Morgan fingerprint density at radius 3 is 3.08 bits per heavy atom. The number of aryl methyl sites for hydroxylation is 1. The number of nitrogens with zero attached hydrogens (tertiary/aromatic N) is 3. The number of amides is 1. The molecule has 1 fully saturated rings. The second-order valence-corrected chi connectivity index (χ2v) is 7.38. The van der Waals surface area contributed by atoms with Crippen LogP contribution in [0.3, 0.4) is 0 Å². The molecule has 25 heavy (non-hydrogen) atoms. The second kappa shape index (κ2) is 8.17.